The summed E-state index contributed by atoms with van der Waals surface area (Å²) in [7, 11) is 0. The van der Waals surface area contributed by atoms with Crippen molar-refractivity contribution in [3.63, 3.8) is 0 Å². The molecule has 0 fully saturated rings. The maximum atomic E-state index is 14.4. The number of aliphatic imine (C=N–C) groups is 1. The van der Waals surface area contributed by atoms with Crippen molar-refractivity contribution in [2.75, 3.05) is 13.1 Å². The van der Waals surface area contributed by atoms with Gasteiger partial charge in [-0.1, -0.05) is 6.07 Å². The second kappa shape index (κ2) is 13.0. The minimum absolute atomic E-state index is 0. The fraction of sp³-hybridized carbons (Fsp3) is 0.348. The second-order valence-electron chi connectivity index (χ2n) is 7.18. The zero-order valence-electron chi connectivity index (χ0n) is 18.6. The van der Waals surface area contributed by atoms with Crippen molar-refractivity contribution in [3.05, 3.63) is 71.6 Å². The first-order valence-corrected chi connectivity index (χ1v) is 10.4. The van der Waals surface area contributed by atoms with Crippen molar-refractivity contribution in [2.24, 2.45) is 4.99 Å². The lowest BCUT2D eigenvalue weighted by Crippen LogP contribution is -2.38. The average molecular weight is 552 g/mol. The first-order valence-electron chi connectivity index (χ1n) is 10.4. The fourth-order valence-corrected chi connectivity index (χ4v) is 3.11. The van der Waals surface area contributed by atoms with Crippen LogP contribution in [0, 0.1) is 19.7 Å². The van der Waals surface area contributed by atoms with E-state index >= 15 is 0 Å². The van der Waals surface area contributed by atoms with Crippen LogP contribution in [0.1, 0.15) is 30.3 Å². The highest BCUT2D eigenvalue weighted by atomic mass is 127. The molecular formula is C23H30FIN6O. The molecule has 7 nitrogen and oxygen atoms in total. The highest BCUT2D eigenvalue weighted by molar-refractivity contribution is 14.0. The predicted octanol–water partition coefficient (Wildman–Crippen LogP) is 4.59. The molecule has 0 aliphatic rings. The number of hydrogen-bond donors (Lipinski definition) is 2. The van der Waals surface area contributed by atoms with Crippen molar-refractivity contribution >= 4 is 29.9 Å². The molecule has 32 heavy (non-hydrogen) atoms. The molecule has 0 saturated carbocycles. The summed E-state index contributed by atoms with van der Waals surface area (Å²) in [6.45, 7) is 8.78. The third-order valence-corrected chi connectivity index (χ3v) is 4.56. The Morgan fingerprint density at radius 1 is 1.19 bits per heavy atom. The van der Waals surface area contributed by atoms with Crippen molar-refractivity contribution < 1.29 is 9.13 Å². The van der Waals surface area contributed by atoms with Gasteiger partial charge in [0.05, 0.1) is 18.4 Å². The normalized spacial score (nSPS) is 11.1. The van der Waals surface area contributed by atoms with Gasteiger partial charge in [-0.15, -0.1) is 24.0 Å². The van der Waals surface area contributed by atoms with Crippen LogP contribution in [0.2, 0.25) is 0 Å². The Kier molecular flexibility index (Phi) is 10.4. The number of guanidine groups is 1. The van der Waals surface area contributed by atoms with Gasteiger partial charge in [-0.2, -0.15) is 5.10 Å². The van der Waals surface area contributed by atoms with Crippen LogP contribution >= 0.6 is 24.0 Å². The van der Waals surface area contributed by atoms with Gasteiger partial charge in [-0.05, 0) is 63.1 Å². The molecule has 9 heteroatoms. The zero-order chi connectivity index (χ0) is 22.1. The highest BCUT2D eigenvalue weighted by Crippen LogP contribution is 2.24. The summed E-state index contributed by atoms with van der Waals surface area (Å²) in [5.74, 6) is 0.924. The van der Waals surface area contributed by atoms with E-state index in [1.54, 1.807) is 30.6 Å². The molecule has 0 bridgehead atoms. The van der Waals surface area contributed by atoms with Crippen molar-refractivity contribution in [1.29, 1.82) is 0 Å². The fourth-order valence-electron chi connectivity index (χ4n) is 3.11. The maximum absolute atomic E-state index is 14.4. The molecule has 0 saturated heterocycles. The molecule has 1 aromatic carbocycles. The summed E-state index contributed by atoms with van der Waals surface area (Å²) < 4.78 is 22.0. The average Bonchev–Trinajstić information content (AvgIpc) is 3.08. The molecule has 2 N–H and O–H groups in total. The summed E-state index contributed by atoms with van der Waals surface area (Å²) in [6.07, 6.45) is 4.10. The van der Waals surface area contributed by atoms with Gasteiger partial charge in [0.2, 0.25) is 0 Å². The molecule has 0 aliphatic heterocycles. The molecule has 0 unspecified atom stereocenters. The minimum Gasteiger partial charge on any atom is -0.453 e. The summed E-state index contributed by atoms with van der Waals surface area (Å²) in [5.41, 5.74) is 2.95. The lowest BCUT2D eigenvalue weighted by Gasteiger charge is -2.12. The van der Waals surface area contributed by atoms with Gasteiger partial charge in [-0.25, -0.2) is 9.38 Å². The molecule has 0 radical (unpaired) electrons. The van der Waals surface area contributed by atoms with Crippen LogP contribution in [0.5, 0.6) is 11.5 Å². The van der Waals surface area contributed by atoms with Crippen molar-refractivity contribution in [1.82, 2.24) is 25.4 Å². The number of nitrogens with zero attached hydrogens (tertiary/aromatic N) is 4. The van der Waals surface area contributed by atoms with Crippen LogP contribution in [0.3, 0.4) is 0 Å². The van der Waals surface area contributed by atoms with Gasteiger partial charge < -0.3 is 15.4 Å². The first-order chi connectivity index (χ1) is 15.0. The van der Waals surface area contributed by atoms with Crippen LogP contribution in [0.15, 0.2) is 53.8 Å². The Morgan fingerprint density at radius 3 is 2.69 bits per heavy atom. The van der Waals surface area contributed by atoms with E-state index in [2.05, 4.69) is 38.7 Å². The maximum Gasteiger partial charge on any atom is 0.191 e. The number of ether oxygens (including phenoxy) is 1. The number of hydrogen-bond acceptors (Lipinski definition) is 4. The van der Waals surface area contributed by atoms with E-state index < -0.39 is 5.82 Å². The molecule has 0 aliphatic carbocycles. The number of nitrogens with one attached hydrogen (secondary N) is 2. The van der Waals surface area contributed by atoms with Crippen LogP contribution in [0.4, 0.5) is 4.39 Å². The van der Waals surface area contributed by atoms with E-state index in [4.69, 9.17) is 4.74 Å². The number of rotatable bonds is 9. The third kappa shape index (κ3) is 7.77. The van der Waals surface area contributed by atoms with Crippen LogP contribution in [-0.4, -0.2) is 33.8 Å². The highest BCUT2D eigenvalue weighted by Gasteiger charge is 2.07. The Balaban J connectivity index is 0.00000363. The smallest absolute Gasteiger partial charge is 0.191 e. The summed E-state index contributed by atoms with van der Waals surface area (Å²) >= 11 is 0. The van der Waals surface area contributed by atoms with Crippen LogP contribution < -0.4 is 15.4 Å². The quantitative estimate of drug-likeness (QED) is 0.176. The standard InChI is InChI=1S/C23H29FN6O.HI/c1-4-26-23(27-11-6-12-30-18(3)13-17(2)29-30)28-15-19-8-9-22(21(24)14-19)31-20-7-5-10-25-16-20;/h5,7-10,13-14,16H,4,6,11-12,15H2,1-3H3,(H2,26,27,28);1H. The van der Waals surface area contributed by atoms with Crippen molar-refractivity contribution in [2.45, 2.75) is 40.3 Å². The Labute approximate surface area is 205 Å². The summed E-state index contributed by atoms with van der Waals surface area (Å²) in [6, 6.07) is 10.4. The Hall–Kier alpha value is -2.69. The zero-order valence-corrected chi connectivity index (χ0v) is 21.0. The van der Waals surface area contributed by atoms with E-state index in [1.807, 2.05) is 24.6 Å². The number of aryl methyl sites for hydroxylation is 3. The minimum atomic E-state index is -0.431. The SMILES string of the molecule is CCNC(=NCc1ccc(Oc2cccnc2)c(F)c1)NCCCn1nc(C)cc1C.I. The van der Waals surface area contributed by atoms with Crippen LogP contribution in [0.25, 0.3) is 0 Å². The van der Waals surface area contributed by atoms with E-state index in [-0.39, 0.29) is 29.7 Å². The number of pyridine rings is 1. The van der Waals surface area contributed by atoms with E-state index in [0.717, 1.165) is 43.0 Å². The molecule has 3 aromatic rings. The first kappa shape index (κ1) is 25.6. The van der Waals surface area contributed by atoms with Gasteiger partial charge in [0, 0.05) is 31.5 Å². The molecule has 0 amide bonds. The third-order valence-electron chi connectivity index (χ3n) is 4.56. The summed E-state index contributed by atoms with van der Waals surface area (Å²) in [5, 5.41) is 11.0. The number of benzene rings is 1. The van der Waals surface area contributed by atoms with Gasteiger partial charge >= 0.3 is 0 Å². The molecule has 2 heterocycles. The number of halogens is 2. The second-order valence-corrected chi connectivity index (χ2v) is 7.18. The molecule has 172 valence electrons. The monoisotopic (exact) mass is 552 g/mol. The van der Waals surface area contributed by atoms with E-state index in [0.29, 0.717) is 18.3 Å². The van der Waals surface area contributed by atoms with Crippen LogP contribution in [-0.2, 0) is 13.1 Å². The van der Waals surface area contributed by atoms with Gasteiger partial charge in [0.15, 0.2) is 17.5 Å². The largest absolute Gasteiger partial charge is 0.453 e. The van der Waals surface area contributed by atoms with Gasteiger partial charge in [-0.3, -0.25) is 9.67 Å². The molecule has 0 spiro atoms. The number of aromatic nitrogens is 3. The lowest BCUT2D eigenvalue weighted by molar-refractivity contribution is 0.440. The molecule has 2 aromatic heterocycles. The molecule has 0 atom stereocenters. The van der Waals surface area contributed by atoms with Crippen molar-refractivity contribution in [3.8, 4) is 11.5 Å². The molecular weight excluding hydrogens is 522 g/mol. The Morgan fingerprint density at radius 2 is 2.03 bits per heavy atom. The lowest BCUT2D eigenvalue weighted by atomic mass is 10.2. The van der Waals surface area contributed by atoms with E-state index in [1.165, 1.54) is 6.07 Å². The topological polar surface area (TPSA) is 76.4 Å². The van der Waals surface area contributed by atoms with Gasteiger partial charge in [0.1, 0.15) is 5.75 Å². The Bertz CT molecular complexity index is 1010. The van der Waals surface area contributed by atoms with Gasteiger partial charge in [0.25, 0.3) is 0 Å². The summed E-state index contributed by atoms with van der Waals surface area (Å²) in [4.78, 5) is 8.52. The van der Waals surface area contributed by atoms with E-state index in [9.17, 15) is 4.39 Å². The molecule has 3 rings (SSSR count). The predicted molar refractivity (Wildman–Crippen MR) is 135 cm³/mol.